The van der Waals surface area contributed by atoms with Gasteiger partial charge in [-0.05, 0) is 45.7 Å². The highest BCUT2D eigenvalue weighted by atomic mass is 16.6. The fourth-order valence-corrected chi connectivity index (χ4v) is 3.67. The van der Waals surface area contributed by atoms with Crippen LogP contribution in [0.1, 0.15) is 45.4 Å². The number of carbonyl (C=O) groups is 1. The van der Waals surface area contributed by atoms with Crippen LogP contribution in [0.4, 0.5) is 4.79 Å². The number of ether oxygens (including phenoxy) is 1. The summed E-state index contributed by atoms with van der Waals surface area (Å²) >= 11 is 0. The number of likely N-dealkylation sites (tertiary alicyclic amines) is 1. The maximum absolute atomic E-state index is 12.7. The molecule has 152 valence electrons. The fraction of sp³-hybridized carbons (Fsp3) is 0.429. The number of carbonyl (C=O) groups excluding carboxylic acids is 1. The molecule has 1 atom stereocenters. The number of hydrogen-bond acceptors (Lipinski definition) is 5. The summed E-state index contributed by atoms with van der Waals surface area (Å²) in [6, 6.07) is 7.56. The number of nitrogens with zero attached hydrogens (tertiary/aromatic N) is 4. The van der Waals surface area contributed by atoms with E-state index in [1.54, 1.807) is 17.3 Å². The van der Waals surface area contributed by atoms with E-state index in [1.165, 1.54) is 4.68 Å². The van der Waals surface area contributed by atoms with Gasteiger partial charge in [0.25, 0.3) is 0 Å². The van der Waals surface area contributed by atoms with Crippen LogP contribution in [0.25, 0.3) is 16.5 Å². The van der Waals surface area contributed by atoms with Crippen LogP contribution < -0.4 is 5.69 Å². The number of aromatic amines is 1. The molecule has 0 unspecified atom stereocenters. The summed E-state index contributed by atoms with van der Waals surface area (Å²) in [4.78, 5) is 33.8. The van der Waals surface area contributed by atoms with Crippen molar-refractivity contribution in [3.63, 3.8) is 0 Å². The van der Waals surface area contributed by atoms with Gasteiger partial charge in [-0.15, -0.1) is 5.10 Å². The number of rotatable bonds is 2. The minimum atomic E-state index is -0.539. The number of amides is 1. The molecule has 1 fully saturated rings. The average molecular weight is 395 g/mol. The summed E-state index contributed by atoms with van der Waals surface area (Å²) < 4.78 is 6.88. The number of H-pyrrole nitrogens is 1. The second-order valence-electron chi connectivity index (χ2n) is 8.37. The molecule has 0 spiro atoms. The zero-order valence-corrected chi connectivity index (χ0v) is 16.9. The van der Waals surface area contributed by atoms with Crippen molar-refractivity contribution in [1.29, 1.82) is 0 Å². The first kappa shape index (κ1) is 19.2. The monoisotopic (exact) mass is 395 g/mol. The number of nitrogens with one attached hydrogen (secondary N) is 1. The van der Waals surface area contributed by atoms with Gasteiger partial charge in [-0.2, -0.15) is 4.68 Å². The van der Waals surface area contributed by atoms with Gasteiger partial charge in [0, 0.05) is 42.2 Å². The Morgan fingerprint density at radius 2 is 2.10 bits per heavy atom. The van der Waals surface area contributed by atoms with Gasteiger partial charge in [0.15, 0.2) is 0 Å². The Labute approximate surface area is 168 Å². The Bertz CT molecular complexity index is 1090. The molecule has 1 amide bonds. The van der Waals surface area contributed by atoms with Gasteiger partial charge < -0.3 is 9.64 Å². The maximum Gasteiger partial charge on any atom is 0.410 e. The van der Waals surface area contributed by atoms with Crippen LogP contribution in [0.2, 0.25) is 0 Å². The first-order valence-corrected chi connectivity index (χ1v) is 9.82. The van der Waals surface area contributed by atoms with E-state index in [2.05, 4.69) is 15.1 Å². The third-order valence-electron chi connectivity index (χ3n) is 4.98. The lowest BCUT2D eigenvalue weighted by atomic mass is 9.98. The molecule has 1 saturated heterocycles. The lowest BCUT2D eigenvalue weighted by Gasteiger charge is -2.33. The molecule has 0 radical (unpaired) electrons. The third kappa shape index (κ3) is 4.01. The molecular weight excluding hydrogens is 370 g/mol. The Kier molecular flexibility index (Phi) is 4.86. The minimum absolute atomic E-state index is 0.0399. The van der Waals surface area contributed by atoms with Gasteiger partial charge in [0.05, 0.1) is 5.69 Å². The topological polar surface area (TPSA) is 93.1 Å². The summed E-state index contributed by atoms with van der Waals surface area (Å²) in [6.45, 7) is 6.68. The van der Waals surface area contributed by atoms with Crippen LogP contribution in [-0.4, -0.2) is 49.4 Å². The molecule has 1 aliphatic heterocycles. The maximum atomic E-state index is 12.7. The quantitative estimate of drug-likeness (QED) is 0.719. The van der Waals surface area contributed by atoms with Gasteiger partial charge in [0.2, 0.25) is 0 Å². The smallest absolute Gasteiger partial charge is 0.410 e. The van der Waals surface area contributed by atoms with Gasteiger partial charge in [-0.25, -0.2) is 9.59 Å². The number of aromatic nitrogens is 4. The Hall–Kier alpha value is -3.16. The molecule has 0 saturated carbocycles. The van der Waals surface area contributed by atoms with Crippen LogP contribution >= 0.6 is 0 Å². The first-order valence-electron chi connectivity index (χ1n) is 9.82. The molecular formula is C21H25N5O3. The highest BCUT2D eigenvalue weighted by Crippen LogP contribution is 2.26. The van der Waals surface area contributed by atoms with E-state index >= 15 is 0 Å². The number of hydrogen-bond donors (Lipinski definition) is 1. The van der Waals surface area contributed by atoms with Gasteiger partial charge in [-0.1, -0.05) is 12.1 Å². The van der Waals surface area contributed by atoms with E-state index in [0.29, 0.717) is 24.6 Å². The summed E-state index contributed by atoms with van der Waals surface area (Å²) in [5, 5.41) is 6.42. The molecule has 0 bridgehead atoms. The first-order chi connectivity index (χ1) is 13.8. The Balaban J connectivity index is 1.61. The van der Waals surface area contributed by atoms with Crippen LogP contribution in [0, 0.1) is 0 Å². The van der Waals surface area contributed by atoms with Crippen molar-refractivity contribution in [3.8, 4) is 5.69 Å². The Morgan fingerprint density at radius 3 is 2.90 bits per heavy atom. The van der Waals surface area contributed by atoms with Gasteiger partial charge in [0.1, 0.15) is 11.4 Å². The Morgan fingerprint density at radius 1 is 1.28 bits per heavy atom. The normalized spacial score (nSPS) is 17.5. The molecule has 0 aliphatic carbocycles. The summed E-state index contributed by atoms with van der Waals surface area (Å²) in [5.74, 6) is 0.552. The highest BCUT2D eigenvalue weighted by molar-refractivity contribution is 5.89. The molecule has 1 N–H and O–H groups in total. The molecule has 8 heteroatoms. The van der Waals surface area contributed by atoms with Crippen molar-refractivity contribution in [3.05, 3.63) is 53.0 Å². The van der Waals surface area contributed by atoms with Crippen molar-refractivity contribution in [2.45, 2.75) is 45.1 Å². The summed E-state index contributed by atoms with van der Waals surface area (Å²) in [7, 11) is 0. The number of piperidine rings is 1. The van der Waals surface area contributed by atoms with Crippen molar-refractivity contribution in [2.24, 2.45) is 0 Å². The predicted molar refractivity (Wildman–Crippen MR) is 109 cm³/mol. The van der Waals surface area contributed by atoms with Crippen LogP contribution in [0.3, 0.4) is 0 Å². The lowest BCUT2D eigenvalue weighted by Crippen LogP contribution is -2.42. The third-order valence-corrected chi connectivity index (χ3v) is 4.98. The lowest BCUT2D eigenvalue weighted by molar-refractivity contribution is 0.0196. The molecule has 8 nitrogen and oxygen atoms in total. The summed E-state index contributed by atoms with van der Waals surface area (Å²) in [6.07, 6.45) is 4.82. The largest absolute Gasteiger partial charge is 0.444 e. The van der Waals surface area contributed by atoms with Crippen molar-refractivity contribution in [2.75, 3.05) is 13.1 Å². The van der Waals surface area contributed by atoms with Gasteiger partial charge in [-0.3, -0.25) is 9.97 Å². The minimum Gasteiger partial charge on any atom is -0.444 e. The molecule has 1 aliphatic rings. The SMILES string of the molecule is CC(C)(C)OC(=O)N1CCC[C@H](c2nn(-c3cccc4cnccc34)c(=O)[nH]2)C1. The molecule has 3 aromatic rings. The van der Waals surface area contributed by atoms with Crippen LogP contribution in [-0.2, 0) is 4.74 Å². The van der Waals surface area contributed by atoms with Crippen molar-refractivity contribution < 1.29 is 9.53 Å². The predicted octanol–water partition coefficient (Wildman–Crippen LogP) is 3.22. The highest BCUT2D eigenvalue weighted by Gasteiger charge is 2.30. The second kappa shape index (κ2) is 7.35. The van der Waals surface area contributed by atoms with E-state index in [9.17, 15) is 9.59 Å². The number of pyridine rings is 1. The fourth-order valence-electron chi connectivity index (χ4n) is 3.67. The number of benzene rings is 1. The van der Waals surface area contributed by atoms with Gasteiger partial charge >= 0.3 is 11.8 Å². The molecule has 1 aromatic carbocycles. The zero-order valence-electron chi connectivity index (χ0n) is 16.9. The number of fused-ring (bicyclic) bond motifs is 1. The molecule has 2 aromatic heterocycles. The van der Waals surface area contributed by atoms with E-state index in [-0.39, 0.29) is 17.7 Å². The van der Waals surface area contributed by atoms with E-state index in [1.807, 2.05) is 45.0 Å². The standard InChI is InChI=1S/C21H25N5O3/c1-21(2,3)29-20(28)25-11-5-7-15(13-25)18-23-19(27)26(24-18)17-8-4-6-14-12-22-10-9-16(14)17/h4,6,8-10,12,15H,5,7,11,13H2,1-3H3,(H,23,24,27)/t15-/m0/s1. The summed E-state index contributed by atoms with van der Waals surface area (Å²) in [5.41, 5.74) is -0.126. The molecule has 29 heavy (non-hydrogen) atoms. The van der Waals surface area contributed by atoms with Crippen LogP contribution in [0.5, 0.6) is 0 Å². The molecule has 4 rings (SSSR count). The van der Waals surface area contributed by atoms with E-state index in [4.69, 9.17) is 4.74 Å². The average Bonchev–Trinajstić information content (AvgIpc) is 3.08. The van der Waals surface area contributed by atoms with E-state index in [0.717, 1.165) is 23.6 Å². The van der Waals surface area contributed by atoms with Crippen molar-refractivity contribution >= 4 is 16.9 Å². The second-order valence-corrected chi connectivity index (χ2v) is 8.37. The van der Waals surface area contributed by atoms with Crippen molar-refractivity contribution in [1.82, 2.24) is 24.6 Å². The van der Waals surface area contributed by atoms with E-state index < -0.39 is 5.60 Å². The van der Waals surface area contributed by atoms with Crippen LogP contribution in [0.15, 0.2) is 41.5 Å². The zero-order chi connectivity index (χ0) is 20.6. The molecule has 3 heterocycles.